The first-order valence-corrected chi connectivity index (χ1v) is 8.17. The molecule has 8 heteroatoms. The summed E-state index contributed by atoms with van der Waals surface area (Å²) < 4.78 is 26.4. The SMILES string of the molecule is N#Cc1ccc(S(=O)(=O)N2CCCC(C(N)=O)C2)c(Cl)c1. The van der Waals surface area contributed by atoms with Crippen molar-refractivity contribution in [2.45, 2.75) is 17.7 Å². The lowest BCUT2D eigenvalue weighted by Gasteiger charge is -2.30. The Kier molecular flexibility index (Phi) is 4.52. The van der Waals surface area contributed by atoms with Crippen molar-refractivity contribution in [1.29, 1.82) is 5.26 Å². The highest BCUT2D eigenvalue weighted by Gasteiger charge is 2.33. The van der Waals surface area contributed by atoms with Crippen LogP contribution in [-0.4, -0.2) is 31.7 Å². The third kappa shape index (κ3) is 3.18. The van der Waals surface area contributed by atoms with E-state index in [0.29, 0.717) is 19.4 Å². The predicted molar refractivity (Wildman–Crippen MR) is 76.8 cm³/mol. The number of nitrogens with zero attached hydrogens (tertiary/aromatic N) is 2. The van der Waals surface area contributed by atoms with Crippen LogP contribution in [0.3, 0.4) is 0 Å². The summed E-state index contributed by atoms with van der Waals surface area (Å²) >= 11 is 5.96. The normalized spacial score (nSPS) is 19.9. The minimum atomic E-state index is -3.80. The molecule has 21 heavy (non-hydrogen) atoms. The summed E-state index contributed by atoms with van der Waals surface area (Å²) in [5.74, 6) is -0.980. The van der Waals surface area contributed by atoms with E-state index in [1.54, 1.807) is 0 Å². The number of hydrogen-bond donors (Lipinski definition) is 1. The zero-order valence-corrected chi connectivity index (χ0v) is 12.7. The molecule has 6 nitrogen and oxygen atoms in total. The topological polar surface area (TPSA) is 104 Å². The molecule has 1 aliphatic heterocycles. The Morgan fingerprint density at radius 3 is 2.76 bits per heavy atom. The largest absolute Gasteiger partial charge is 0.369 e. The van der Waals surface area contributed by atoms with Crippen LogP contribution in [0.15, 0.2) is 23.1 Å². The van der Waals surface area contributed by atoms with Crippen molar-refractivity contribution in [1.82, 2.24) is 4.31 Å². The molecule has 1 unspecified atom stereocenters. The van der Waals surface area contributed by atoms with Crippen molar-refractivity contribution in [2.75, 3.05) is 13.1 Å². The zero-order valence-electron chi connectivity index (χ0n) is 11.1. The molecule has 2 rings (SSSR count). The molecule has 0 aromatic heterocycles. The average Bonchev–Trinajstić information content (AvgIpc) is 2.46. The van der Waals surface area contributed by atoms with Crippen molar-refractivity contribution in [2.24, 2.45) is 11.7 Å². The van der Waals surface area contributed by atoms with Gasteiger partial charge in [-0.05, 0) is 31.0 Å². The Hall–Kier alpha value is -1.62. The Morgan fingerprint density at radius 2 is 2.19 bits per heavy atom. The molecule has 0 radical (unpaired) electrons. The smallest absolute Gasteiger partial charge is 0.244 e. The van der Waals surface area contributed by atoms with E-state index in [-0.39, 0.29) is 22.0 Å². The summed E-state index contributed by atoms with van der Waals surface area (Å²) in [6, 6.07) is 5.91. The number of carbonyl (C=O) groups is 1. The van der Waals surface area contributed by atoms with Crippen molar-refractivity contribution in [3.8, 4) is 6.07 Å². The van der Waals surface area contributed by atoms with Crippen molar-refractivity contribution >= 4 is 27.5 Å². The minimum Gasteiger partial charge on any atom is -0.369 e. The number of piperidine rings is 1. The van der Waals surface area contributed by atoms with E-state index < -0.39 is 21.8 Å². The summed E-state index contributed by atoms with van der Waals surface area (Å²) in [6.07, 6.45) is 1.16. The van der Waals surface area contributed by atoms with Gasteiger partial charge in [0.15, 0.2) is 0 Å². The molecule has 1 aliphatic rings. The molecule has 0 aliphatic carbocycles. The van der Waals surface area contributed by atoms with Crippen LogP contribution in [0.25, 0.3) is 0 Å². The van der Waals surface area contributed by atoms with Crippen LogP contribution >= 0.6 is 11.6 Å². The monoisotopic (exact) mass is 327 g/mol. The van der Waals surface area contributed by atoms with Gasteiger partial charge in [-0.15, -0.1) is 0 Å². The van der Waals surface area contributed by atoms with Crippen LogP contribution in [0.1, 0.15) is 18.4 Å². The molecule has 0 saturated carbocycles. The second-order valence-electron chi connectivity index (χ2n) is 4.86. The third-order valence-electron chi connectivity index (χ3n) is 3.47. The summed E-state index contributed by atoms with van der Waals surface area (Å²) in [5.41, 5.74) is 5.54. The van der Waals surface area contributed by atoms with Crippen LogP contribution in [-0.2, 0) is 14.8 Å². The number of nitriles is 1. The molecule has 0 bridgehead atoms. The van der Waals surface area contributed by atoms with E-state index in [4.69, 9.17) is 22.6 Å². The number of benzene rings is 1. The Bertz CT molecular complexity index is 712. The number of amides is 1. The van der Waals surface area contributed by atoms with Gasteiger partial charge in [0.2, 0.25) is 15.9 Å². The number of rotatable bonds is 3. The van der Waals surface area contributed by atoms with Gasteiger partial charge in [0.25, 0.3) is 0 Å². The number of carbonyl (C=O) groups excluding carboxylic acids is 1. The molecular formula is C13H14ClN3O3S. The van der Waals surface area contributed by atoms with Gasteiger partial charge in [0.1, 0.15) is 4.90 Å². The molecule has 1 heterocycles. The van der Waals surface area contributed by atoms with E-state index in [0.717, 1.165) is 0 Å². The molecule has 1 fully saturated rings. The summed E-state index contributed by atoms with van der Waals surface area (Å²) in [4.78, 5) is 11.2. The van der Waals surface area contributed by atoms with Gasteiger partial charge in [-0.3, -0.25) is 4.79 Å². The van der Waals surface area contributed by atoms with Gasteiger partial charge in [-0.2, -0.15) is 9.57 Å². The molecule has 1 amide bonds. The molecule has 1 aromatic carbocycles. The quantitative estimate of drug-likeness (QED) is 0.897. The molecular weight excluding hydrogens is 314 g/mol. The van der Waals surface area contributed by atoms with Crippen LogP contribution in [0.5, 0.6) is 0 Å². The molecule has 1 aromatic rings. The molecule has 2 N–H and O–H groups in total. The number of hydrogen-bond acceptors (Lipinski definition) is 4. The predicted octanol–water partition coefficient (Wildman–Crippen LogP) is 1.10. The van der Waals surface area contributed by atoms with E-state index in [1.165, 1.54) is 22.5 Å². The van der Waals surface area contributed by atoms with Crippen molar-refractivity contribution in [3.63, 3.8) is 0 Å². The highest BCUT2D eigenvalue weighted by atomic mass is 35.5. The fourth-order valence-corrected chi connectivity index (χ4v) is 4.35. The third-order valence-corrected chi connectivity index (χ3v) is 5.81. The van der Waals surface area contributed by atoms with Crippen LogP contribution in [0.4, 0.5) is 0 Å². The maximum Gasteiger partial charge on any atom is 0.244 e. The Morgan fingerprint density at radius 1 is 1.48 bits per heavy atom. The fraction of sp³-hybridized carbons (Fsp3) is 0.385. The van der Waals surface area contributed by atoms with Crippen molar-refractivity contribution < 1.29 is 13.2 Å². The first kappa shape index (κ1) is 15.8. The Balaban J connectivity index is 2.34. The lowest BCUT2D eigenvalue weighted by atomic mass is 9.99. The average molecular weight is 328 g/mol. The maximum absolute atomic E-state index is 12.6. The first-order chi connectivity index (χ1) is 9.86. The van der Waals surface area contributed by atoms with E-state index >= 15 is 0 Å². The second-order valence-corrected chi connectivity index (χ2v) is 7.18. The maximum atomic E-state index is 12.6. The van der Waals surface area contributed by atoms with Gasteiger partial charge in [0.05, 0.1) is 22.6 Å². The fourth-order valence-electron chi connectivity index (χ4n) is 2.31. The van der Waals surface area contributed by atoms with Gasteiger partial charge in [-0.1, -0.05) is 11.6 Å². The van der Waals surface area contributed by atoms with Gasteiger partial charge in [-0.25, -0.2) is 8.42 Å². The molecule has 1 atom stereocenters. The van der Waals surface area contributed by atoms with Crippen LogP contribution in [0, 0.1) is 17.2 Å². The number of sulfonamides is 1. The highest BCUT2D eigenvalue weighted by Crippen LogP contribution is 2.28. The lowest BCUT2D eigenvalue weighted by Crippen LogP contribution is -2.44. The van der Waals surface area contributed by atoms with E-state index in [2.05, 4.69) is 0 Å². The number of nitrogens with two attached hydrogens (primary N) is 1. The number of primary amides is 1. The van der Waals surface area contributed by atoms with Crippen LogP contribution in [0.2, 0.25) is 5.02 Å². The van der Waals surface area contributed by atoms with Crippen molar-refractivity contribution in [3.05, 3.63) is 28.8 Å². The van der Waals surface area contributed by atoms with E-state index in [9.17, 15) is 13.2 Å². The minimum absolute atomic E-state index is 0.00440. The molecule has 112 valence electrons. The molecule has 1 saturated heterocycles. The second kappa shape index (κ2) is 6.02. The standard InChI is InChI=1S/C13H14ClN3O3S/c14-11-6-9(7-15)3-4-12(11)21(19,20)17-5-1-2-10(8-17)13(16)18/h3-4,6,10H,1-2,5,8H2,(H2,16,18). The summed E-state index contributed by atoms with van der Waals surface area (Å²) in [5, 5.41) is 8.78. The summed E-state index contributed by atoms with van der Waals surface area (Å²) in [7, 11) is -3.80. The highest BCUT2D eigenvalue weighted by molar-refractivity contribution is 7.89. The van der Waals surface area contributed by atoms with Gasteiger partial charge in [0, 0.05) is 13.1 Å². The zero-order chi connectivity index (χ0) is 15.6. The first-order valence-electron chi connectivity index (χ1n) is 6.35. The molecule has 0 spiro atoms. The van der Waals surface area contributed by atoms with E-state index in [1.807, 2.05) is 6.07 Å². The lowest BCUT2D eigenvalue weighted by molar-refractivity contribution is -0.122. The summed E-state index contributed by atoms with van der Waals surface area (Å²) in [6.45, 7) is 0.385. The number of halogens is 1. The Labute approximate surface area is 128 Å². The van der Waals surface area contributed by atoms with Gasteiger partial charge >= 0.3 is 0 Å². The van der Waals surface area contributed by atoms with Crippen LogP contribution < -0.4 is 5.73 Å². The van der Waals surface area contributed by atoms with Gasteiger partial charge < -0.3 is 5.73 Å².